The Hall–Kier alpha value is -8.46. The normalized spacial score (nSPS) is 21.5. The summed E-state index contributed by atoms with van der Waals surface area (Å²) in [4.78, 5) is 127. The van der Waals surface area contributed by atoms with Gasteiger partial charge in [-0.3, -0.25) is 53.3 Å². The lowest BCUT2D eigenvalue weighted by molar-refractivity contribution is -0.137. The number of H-pyrrole nitrogens is 1. The van der Waals surface area contributed by atoms with E-state index in [9.17, 15) is 47.5 Å². The lowest BCUT2D eigenvalue weighted by atomic mass is 10.0. The number of rotatable bonds is 33. The van der Waals surface area contributed by atoms with Crippen molar-refractivity contribution in [2.24, 2.45) is 17.8 Å². The first kappa shape index (κ1) is 74.8. The number of unbranched alkanes of at least 4 members (excludes halogenated alkanes) is 2. The monoisotopic (exact) mass is 1420 g/mol. The highest BCUT2D eigenvalue weighted by molar-refractivity contribution is 7.33. The van der Waals surface area contributed by atoms with Gasteiger partial charge in [0.05, 0.1) is 58.7 Å². The molecular formula is C64H82N12O21P2+2. The Kier molecular flexibility index (Phi) is 28.0. The van der Waals surface area contributed by atoms with Gasteiger partial charge in [0.25, 0.3) is 23.3 Å². The zero-order valence-electron chi connectivity index (χ0n) is 55.4. The first-order valence-corrected chi connectivity index (χ1v) is 34.7. The molecule has 5 N–H and O–H groups in total. The summed E-state index contributed by atoms with van der Waals surface area (Å²) in [6.07, 6.45) is 4.22. The van der Waals surface area contributed by atoms with Crippen LogP contribution in [-0.2, 0) is 92.8 Å². The number of nitrogens with zero attached hydrogens (tertiary/aromatic N) is 7. The fourth-order valence-electron chi connectivity index (χ4n) is 11.2. The molecule has 33 nitrogen and oxygen atoms in total. The van der Waals surface area contributed by atoms with Gasteiger partial charge in [0.1, 0.15) is 50.4 Å². The largest absolute Gasteiger partial charge is 0.697 e. The third kappa shape index (κ3) is 21.5. The number of amides is 7. The van der Waals surface area contributed by atoms with E-state index in [0.717, 1.165) is 4.90 Å². The van der Waals surface area contributed by atoms with E-state index < -0.39 is 100 Å². The molecule has 3 aromatic heterocycles. The van der Waals surface area contributed by atoms with Crippen molar-refractivity contribution in [3.8, 4) is 5.88 Å². The van der Waals surface area contributed by atoms with Gasteiger partial charge >= 0.3 is 22.6 Å². The van der Waals surface area contributed by atoms with Crippen LogP contribution in [-0.4, -0.2) is 197 Å². The van der Waals surface area contributed by atoms with Gasteiger partial charge < -0.3 is 54.0 Å². The molecule has 532 valence electrons. The number of carbonyl (C=O) groups excluding carboxylic acids is 7. The maximum Gasteiger partial charge on any atom is 0.697 e. The molecule has 2 bridgehead atoms. The molecule has 3 aliphatic heterocycles. The molecule has 9 rings (SSSR count). The van der Waals surface area contributed by atoms with Gasteiger partial charge in [-0.25, -0.2) is 19.7 Å². The summed E-state index contributed by atoms with van der Waals surface area (Å²) in [6.45, 7) is 8.33. The number of hydrogen-bond donors (Lipinski definition) is 5. The van der Waals surface area contributed by atoms with Crippen molar-refractivity contribution in [1.82, 2.24) is 49.9 Å². The van der Waals surface area contributed by atoms with Crippen LogP contribution >= 0.6 is 16.5 Å². The minimum absolute atomic E-state index is 0.00385. The molecule has 3 fully saturated rings. The second-order valence-electron chi connectivity index (χ2n) is 24.0. The van der Waals surface area contributed by atoms with E-state index in [4.69, 9.17) is 51.3 Å². The number of aromatic amines is 1. The highest BCUT2D eigenvalue weighted by atomic mass is 31.1. The lowest BCUT2D eigenvalue weighted by Gasteiger charge is -2.24. The van der Waals surface area contributed by atoms with E-state index in [0.29, 0.717) is 81.2 Å². The van der Waals surface area contributed by atoms with Gasteiger partial charge in [-0.05, 0) is 61.4 Å². The van der Waals surface area contributed by atoms with E-state index in [1.54, 1.807) is 76.4 Å². The van der Waals surface area contributed by atoms with Gasteiger partial charge in [-0.2, -0.15) is 4.98 Å². The first-order valence-electron chi connectivity index (χ1n) is 32.5. The molecule has 2 aromatic carbocycles. The minimum atomic E-state index is -2.81. The number of carbonyl (C=O) groups is 7. The van der Waals surface area contributed by atoms with E-state index in [2.05, 4.69) is 46.2 Å². The quantitative estimate of drug-likeness (QED) is 0.0194. The fraction of sp³-hybridized carbons (Fsp3) is 0.531. The first-order chi connectivity index (χ1) is 47.8. The van der Waals surface area contributed by atoms with Crippen molar-refractivity contribution < 1.29 is 93.9 Å². The molecule has 1 saturated carbocycles. The van der Waals surface area contributed by atoms with Crippen molar-refractivity contribution >= 4 is 80.8 Å². The highest BCUT2D eigenvalue weighted by Crippen LogP contribution is 2.46. The number of benzene rings is 2. The number of anilines is 2. The molecule has 7 amide bonds. The SMILES string of the molecule is COCCOCCOCCOCCN(Cc1ccccc1C(=O)Nc1nc2c(ncn2[C@@H]2O[C@@H]3CO[P+](=O)O[C@H]4C[C@H](Oc5ccncn5)C[C@@H]4CO[P+](=O)O[C@@H]2C3C)c(=O)[nH]1)C(=O)OCc1ccc(NC(=O)[C@H](C)NC(=O)[C@@H](NC(=O)CCCCCN2C(=O)C=CC2=O)C(C)C)cc1. The van der Waals surface area contributed by atoms with Crippen molar-refractivity contribution in [3.05, 3.63) is 113 Å². The molecule has 0 radical (unpaired) electrons. The second-order valence-corrected chi connectivity index (χ2v) is 25.9. The third-order valence-electron chi connectivity index (χ3n) is 16.6. The van der Waals surface area contributed by atoms with Crippen molar-refractivity contribution in [2.75, 3.05) is 90.3 Å². The molecular weight excluding hydrogens is 1330 g/mol. The average Bonchev–Trinajstić information content (AvgIpc) is 1.62. The Morgan fingerprint density at radius 2 is 1.51 bits per heavy atom. The number of methoxy groups -OCH3 is 1. The second kappa shape index (κ2) is 37.1. The standard InChI is InChI=1S/C64H80N12O21P2/c1-39(2)54(70-50(77)13-7-6-10-22-75-52(78)18-19-53(75)79)60(82)68-41(4)58(80)69-45-16-14-42(15-17-45)34-91-64(84)74(23-24-88-27-28-90-30-29-89-26-25-87-5)33-43-11-8-9-12-47(43)59(81)72-63-71-57-55(61(83)73-63)67-38-76(57)62-56-40(3)49(95-62)36-93-98(85)96-48-32-46(94-51-20-21-65-37-66-51)31-44(48)35-92-99(86)97-56/h8-9,11-12,14-21,37-41,44,46,48-49,54,56,62H,6-7,10,13,22-36H2,1-5H3,(H3-2,68,69,70,71,72,73,77,80,81,82,83)/p+2/t40?,41-,44+,46+,48-,49+,54-,56+,62+/m0/s1. The van der Waals surface area contributed by atoms with Gasteiger partial charge in [0.15, 0.2) is 23.5 Å². The van der Waals surface area contributed by atoms with Crippen molar-refractivity contribution in [3.63, 3.8) is 0 Å². The van der Waals surface area contributed by atoms with Gasteiger partial charge in [-0.15, -0.1) is 18.1 Å². The predicted molar refractivity (Wildman–Crippen MR) is 350 cm³/mol. The summed E-state index contributed by atoms with van der Waals surface area (Å²) >= 11 is 0. The smallest absolute Gasteiger partial charge is 0.474 e. The van der Waals surface area contributed by atoms with Crippen LogP contribution in [0.2, 0.25) is 0 Å². The van der Waals surface area contributed by atoms with Crippen LogP contribution < -0.4 is 31.6 Å². The zero-order valence-corrected chi connectivity index (χ0v) is 57.2. The molecule has 35 heteroatoms. The van der Waals surface area contributed by atoms with Crippen LogP contribution in [0.3, 0.4) is 0 Å². The molecule has 1 aliphatic carbocycles. The number of fused-ring (bicyclic) bond motifs is 4. The molecule has 5 aromatic rings. The number of nitrogens with one attached hydrogen (secondary N) is 5. The fourth-order valence-corrected chi connectivity index (χ4v) is 12.8. The number of ether oxygens (including phenoxy) is 7. The Balaban J connectivity index is 0.807. The molecule has 11 atom stereocenters. The number of hydrogen-bond acceptors (Lipinski definition) is 25. The van der Waals surface area contributed by atoms with E-state index >= 15 is 0 Å². The predicted octanol–water partition coefficient (Wildman–Crippen LogP) is 5.59. The van der Waals surface area contributed by atoms with E-state index in [1.165, 1.54) is 53.5 Å². The van der Waals surface area contributed by atoms with Gasteiger partial charge in [0.2, 0.25) is 29.5 Å². The molecule has 99 heavy (non-hydrogen) atoms. The summed E-state index contributed by atoms with van der Waals surface area (Å²) in [5.74, 6) is -4.15. The third-order valence-corrected chi connectivity index (χ3v) is 18.2. The zero-order chi connectivity index (χ0) is 70.4. The molecule has 4 aliphatic rings. The summed E-state index contributed by atoms with van der Waals surface area (Å²) in [5, 5.41) is 10.9. The highest BCUT2D eigenvalue weighted by Gasteiger charge is 2.53. The molecule has 0 spiro atoms. The maximum atomic E-state index is 14.4. The number of imidazole rings is 1. The van der Waals surface area contributed by atoms with Crippen LogP contribution in [0.4, 0.5) is 16.4 Å². The molecule has 2 saturated heterocycles. The van der Waals surface area contributed by atoms with Crippen molar-refractivity contribution in [2.45, 2.75) is 122 Å². The Bertz CT molecular complexity index is 3700. The van der Waals surface area contributed by atoms with Gasteiger partial charge in [0, 0.05) is 96.2 Å². The molecule has 6 heterocycles. The van der Waals surface area contributed by atoms with Crippen LogP contribution in [0.25, 0.3) is 11.2 Å². The number of aromatic nitrogens is 6. The summed E-state index contributed by atoms with van der Waals surface area (Å²) < 4.78 is 91.9. The summed E-state index contributed by atoms with van der Waals surface area (Å²) in [5.41, 5.74) is 0.462. The topological polar surface area (TPSA) is 399 Å². The van der Waals surface area contributed by atoms with Crippen LogP contribution in [0.15, 0.2) is 90.4 Å². The summed E-state index contributed by atoms with van der Waals surface area (Å²) in [7, 11) is -3.92. The van der Waals surface area contributed by atoms with E-state index in [-0.39, 0.29) is 112 Å². The minimum Gasteiger partial charge on any atom is -0.474 e. The average molecular weight is 1420 g/mol. The van der Waals surface area contributed by atoms with Crippen molar-refractivity contribution in [1.29, 1.82) is 0 Å². The molecule has 3 unspecified atom stereocenters. The van der Waals surface area contributed by atoms with Gasteiger partial charge in [-0.1, -0.05) is 57.5 Å². The Labute approximate surface area is 571 Å². The maximum absolute atomic E-state index is 14.4. The van der Waals surface area contributed by atoms with Crippen LogP contribution in [0, 0.1) is 17.8 Å². The van der Waals surface area contributed by atoms with Crippen LogP contribution in [0.1, 0.15) is 93.9 Å². The lowest BCUT2D eigenvalue weighted by Crippen LogP contribution is -2.53. The Morgan fingerprint density at radius 3 is 2.23 bits per heavy atom. The van der Waals surface area contributed by atoms with Crippen LogP contribution in [0.5, 0.6) is 5.88 Å². The Morgan fingerprint density at radius 1 is 0.788 bits per heavy atom. The number of imide groups is 1. The summed E-state index contributed by atoms with van der Waals surface area (Å²) in [6, 6.07) is 12.6. The van der Waals surface area contributed by atoms with E-state index in [1.807, 2.05) is 0 Å².